The van der Waals surface area contributed by atoms with Gasteiger partial charge in [-0.3, -0.25) is 20.7 Å². The second-order valence-electron chi connectivity index (χ2n) is 5.87. The lowest BCUT2D eigenvalue weighted by atomic mass is 10.3. The molecule has 0 aliphatic heterocycles. The molecule has 28 heavy (non-hydrogen) atoms. The second kappa shape index (κ2) is 7.58. The van der Waals surface area contributed by atoms with E-state index in [0.29, 0.717) is 16.4 Å². The molecular weight excluding hydrogens is 406 g/mol. The first-order chi connectivity index (χ1) is 13.2. The molecule has 1 aromatic heterocycles. The van der Waals surface area contributed by atoms with Crippen molar-refractivity contribution in [3.63, 3.8) is 0 Å². The fourth-order valence-corrected chi connectivity index (χ4v) is 3.38. The minimum atomic E-state index is -3.68. The fraction of sp³-hybridized carbons (Fsp3) is 0.118. The number of hydrogen-bond acceptors (Lipinski definition) is 6. The van der Waals surface area contributed by atoms with Crippen molar-refractivity contribution in [2.75, 3.05) is 17.9 Å². The predicted molar refractivity (Wildman–Crippen MR) is 108 cm³/mol. The SMILES string of the molecule is CNS(=O)(=O)c1ccc(O)c(NNc2c(C)[nH]n(-c3ccc(Cl)cc3)c2=O)c1. The molecule has 9 nitrogen and oxygen atoms in total. The number of phenolic OH excluding ortho intramolecular Hbond substituents is 1. The number of hydrogen-bond donors (Lipinski definition) is 5. The third kappa shape index (κ3) is 3.84. The molecule has 0 radical (unpaired) electrons. The van der Waals surface area contributed by atoms with Crippen molar-refractivity contribution in [2.24, 2.45) is 0 Å². The van der Waals surface area contributed by atoms with E-state index in [0.717, 1.165) is 0 Å². The molecular formula is C17H18ClN5O4S. The molecule has 0 amide bonds. The van der Waals surface area contributed by atoms with Gasteiger partial charge in [0.2, 0.25) is 10.0 Å². The van der Waals surface area contributed by atoms with Crippen molar-refractivity contribution in [1.29, 1.82) is 0 Å². The van der Waals surface area contributed by atoms with Crippen molar-refractivity contribution in [3.05, 3.63) is 63.5 Å². The molecule has 0 saturated carbocycles. The minimum Gasteiger partial charge on any atom is -0.506 e. The first-order valence-electron chi connectivity index (χ1n) is 8.09. The molecule has 2 aromatic carbocycles. The smallest absolute Gasteiger partial charge is 0.296 e. The van der Waals surface area contributed by atoms with Gasteiger partial charge in [-0.2, -0.15) is 0 Å². The summed E-state index contributed by atoms with van der Waals surface area (Å²) in [5, 5.41) is 13.5. The van der Waals surface area contributed by atoms with E-state index >= 15 is 0 Å². The number of aromatic hydroxyl groups is 1. The van der Waals surface area contributed by atoms with E-state index in [1.54, 1.807) is 31.2 Å². The van der Waals surface area contributed by atoms with Crippen LogP contribution in [0.25, 0.3) is 5.69 Å². The molecule has 0 fully saturated rings. The Hall–Kier alpha value is -2.95. The van der Waals surface area contributed by atoms with Gasteiger partial charge >= 0.3 is 0 Å². The van der Waals surface area contributed by atoms with E-state index in [4.69, 9.17) is 11.6 Å². The Labute approximate surface area is 166 Å². The lowest BCUT2D eigenvalue weighted by molar-refractivity contribution is 0.477. The molecule has 0 spiro atoms. The molecule has 0 aliphatic rings. The minimum absolute atomic E-state index is 0.0403. The summed E-state index contributed by atoms with van der Waals surface area (Å²) in [6.07, 6.45) is 0. The highest BCUT2D eigenvalue weighted by Crippen LogP contribution is 2.26. The zero-order chi connectivity index (χ0) is 20.5. The van der Waals surface area contributed by atoms with Gasteiger partial charge < -0.3 is 5.11 Å². The molecule has 0 bridgehead atoms. The number of nitrogens with one attached hydrogen (secondary N) is 4. The number of sulfonamides is 1. The average molecular weight is 424 g/mol. The van der Waals surface area contributed by atoms with E-state index in [9.17, 15) is 18.3 Å². The number of H-pyrrole nitrogens is 1. The van der Waals surface area contributed by atoms with Crippen LogP contribution < -0.4 is 21.1 Å². The number of anilines is 2. The van der Waals surface area contributed by atoms with Crippen molar-refractivity contribution >= 4 is 33.0 Å². The number of hydrazine groups is 1. The van der Waals surface area contributed by atoms with E-state index in [1.807, 2.05) is 0 Å². The van der Waals surface area contributed by atoms with Crippen LogP contribution in [-0.2, 0) is 10.0 Å². The Morgan fingerprint density at radius 2 is 1.79 bits per heavy atom. The number of nitrogens with zero attached hydrogens (tertiary/aromatic N) is 1. The summed E-state index contributed by atoms with van der Waals surface area (Å²) in [6, 6.07) is 10.5. The molecule has 3 rings (SSSR count). The van der Waals surface area contributed by atoms with Crippen LogP contribution in [0.1, 0.15) is 5.69 Å². The number of rotatable bonds is 6. The number of phenols is 1. The van der Waals surface area contributed by atoms with Crippen molar-refractivity contribution in [1.82, 2.24) is 14.5 Å². The maximum Gasteiger partial charge on any atom is 0.296 e. The largest absolute Gasteiger partial charge is 0.506 e. The zero-order valence-electron chi connectivity index (χ0n) is 14.9. The van der Waals surface area contributed by atoms with E-state index < -0.39 is 10.0 Å². The molecule has 5 N–H and O–H groups in total. The number of halogens is 1. The molecule has 3 aromatic rings. The third-order valence-electron chi connectivity index (χ3n) is 4.03. The number of aryl methyl sites for hydroxylation is 1. The van der Waals surface area contributed by atoms with Crippen molar-refractivity contribution in [2.45, 2.75) is 11.8 Å². The lowest BCUT2D eigenvalue weighted by Gasteiger charge is -2.11. The zero-order valence-corrected chi connectivity index (χ0v) is 16.5. The van der Waals surface area contributed by atoms with Gasteiger partial charge in [0.25, 0.3) is 5.56 Å². The quantitative estimate of drug-likeness (QED) is 0.305. The molecule has 0 saturated heterocycles. The summed E-state index contributed by atoms with van der Waals surface area (Å²) in [7, 11) is -2.40. The summed E-state index contributed by atoms with van der Waals surface area (Å²) in [5.41, 5.74) is 6.45. The van der Waals surface area contributed by atoms with Gasteiger partial charge in [-0.15, -0.1) is 0 Å². The van der Waals surface area contributed by atoms with Gasteiger partial charge in [0, 0.05) is 5.02 Å². The monoisotopic (exact) mass is 423 g/mol. The first kappa shape index (κ1) is 19.8. The Morgan fingerprint density at radius 1 is 1.11 bits per heavy atom. The van der Waals surface area contributed by atoms with Crippen LogP contribution in [-0.4, -0.2) is 30.4 Å². The topological polar surface area (TPSA) is 128 Å². The first-order valence-corrected chi connectivity index (χ1v) is 9.95. The maximum atomic E-state index is 12.7. The normalized spacial score (nSPS) is 11.4. The number of aromatic amines is 1. The van der Waals surface area contributed by atoms with Crippen LogP contribution in [0.4, 0.5) is 11.4 Å². The summed E-state index contributed by atoms with van der Waals surface area (Å²) < 4.78 is 27.4. The van der Waals surface area contributed by atoms with Gasteiger partial charge in [0.15, 0.2) is 0 Å². The summed E-state index contributed by atoms with van der Waals surface area (Å²) >= 11 is 5.87. The van der Waals surface area contributed by atoms with Crippen LogP contribution in [0.3, 0.4) is 0 Å². The predicted octanol–water partition coefficient (Wildman–Crippen LogP) is 2.18. The van der Waals surface area contributed by atoms with Crippen LogP contribution in [0.2, 0.25) is 5.02 Å². The van der Waals surface area contributed by atoms with Crippen LogP contribution in [0.5, 0.6) is 5.75 Å². The highest BCUT2D eigenvalue weighted by Gasteiger charge is 2.16. The fourth-order valence-electron chi connectivity index (χ4n) is 2.50. The number of aromatic nitrogens is 2. The van der Waals surface area contributed by atoms with E-state index in [2.05, 4.69) is 20.7 Å². The van der Waals surface area contributed by atoms with Crippen molar-refractivity contribution < 1.29 is 13.5 Å². The Kier molecular flexibility index (Phi) is 5.36. The van der Waals surface area contributed by atoms with Gasteiger partial charge in [0.1, 0.15) is 11.4 Å². The molecule has 0 aliphatic carbocycles. The van der Waals surface area contributed by atoms with Crippen LogP contribution in [0, 0.1) is 6.92 Å². The van der Waals surface area contributed by atoms with Gasteiger partial charge in [-0.1, -0.05) is 11.6 Å². The van der Waals surface area contributed by atoms with Gasteiger partial charge in [-0.25, -0.2) is 17.8 Å². The second-order valence-corrected chi connectivity index (χ2v) is 8.19. The van der Waals surface area contributed by atoms with E-state index in [-0.39, 0.29) is 27.6 Å². The maximum absolute atomic E-state index is 12.7. The third-order valence-corrected chi connectivity index (χ3v) is 5.69. The Morgan fingerprint density at radius 3 is 2.43 bits per heavy atom. The van der Waals surface area contributed by atoms with Crippen LogP contribution in [0.15, 0.2) is 52.2 Å². The number of benzene rings is 2. The average Bonchev–Trinajstić information content (AvgIpc) is 2.95. The highest BCUT2D eigenvalue weighted by molar-refractivity contribution is 7.89. The highest BCUT2D eigenvalue weighted by atomic mass is 35.5. The van der Waals surface area contributed by atoms with Gasteiger partial charge in [-0.05, 0) is 56.4 Å². The van der Waals surface area contributed by atoms with Crippen molar-refractivity contribution in [3.8, 4) is 11.4 Å². The van der Waals surface area contributed by atoms with Crippen LogP contribution >= 0.6 is 11.6 Å². The Balaban J connectivity index is 1.89. The lowest BCUT2D eigenvalue weighted by Crippen LogP contribution is -2.21. The molecule has 0 atom stereocenters. The molecule has 11 heteroatoms. The standard InChI is InChI=1S/C17H18ClN5O4S/c1-10-16(17(25)23(22-10)12-5-3-11(18)4-6-12)21-20-14-9-13(7-8-15(14)24)28(26,27)19-2/h3-9,19-22,24H,1-2H3. The molecule has 148 valence electrons. The molecule has 0 unspecified atom stereocenters. The molecule has 1 heterocycles. The Bertz CT molecular complexity index is 1170. The van der Waals surface area contributed by atoms with Gasteiger partial charge in [0.05, 0.1) is 22.0 Å². The summed E-state index contributed by atoms with van der Waals surface area (Å²) in [4.78, 5) is 12.6. The summed E-state index contributed by atoms with van der Waals surface area (Å²) in [5.74, 6) is -0.186. The van der Waals surface area contributed by atoms with E-state index in [1.165, 1.54) is 29.9 Å². The summed E-state index contributed by atoms with van der Waals surface area (Å²) in [6.45, 7) is 1.69.